The number of hydrogen-bond donors (Lipinski definition) is 2. The summed E-state index contributed by atoms with van der Waals surface area (Å²) in [4.78, 5) is 12.5. The third kappa shape index (κ3) is 8.96. The third-order valence-corrected chi connectivity index (χ3v) is 8.42. The minimum atomic E-state index is -1.74. The second-order valence-electron chi connectivity index (χ2n) is 11.4. The molecule has 1 aliphatic rings. The van der Waals surface area contributed by atoms with Crippen LogP contribution in [0.2, 0.25) is 0 Å². The summed E-state index contributed by atoms with van der Waals surface area (Å²) >= 11 is 0. The van der Waals surface area contributed by atoms with Crippen molar-refractivity contribution in [2.24, 2.45) is 11.7 Å². The van der Waals surface area contributed by atoms with Gasteiger partial charge in [0, 0.05) is 11.5 Å². The zero-order chi connectivity index (χ0) is 27.9. The Bertz CT molecular complexity index is 1010. The minimum absolute atomic E-state index is 0.105. The topological polar surface area (TPSA) is 72.6 Å². The van der Waals surface area contributed by atoms with Crippen LogP contribution in [0.5, 0.6) is 5.75 Å². The summed E-state index contributed by atoms with van der Waals surface area (Å²) in [6.07, 6.45) is 22.8. The molecule has 3 N–H and O–H groups in total. The number of ether oxygens (including phenoxy) is 1. The number of rotatable bonds is 19. The van der Waals surface area contributed by atoms with Crippen molar-refractivity contribution in [3.8, 4) is 5.75 Å². The molecule has 2 aromatic rings. The molecule has 0 aliphatic heterocycles. The molecule has 4 heteroatoms. The average molecular weight is 534 g/mol. The molecule has 2 aromatic carbocycles. The van der Waals surface area contributed by atoms with Gasteiger partial charge in [-0.2, -0.15) is 0 Å². The van der Waals surface area contributed by atoms with Gasteiger partial charge in [0.05, 0.1) is 6.61 Å². The van der Waals surface area contributed by atoms with E-state index in [2.05, 4.69) is 6.92 Å². The second kappa shape index (κ2) is 16.5. The summed E-state index contributed by atoms with van der Waals surface area (Å²) in [6, 6.07) is 15.4. The molecule has 3 rings (SSSR count). The Hall–Kier alpha value is -2.59. The summed E-state index contributed by atoms with van der Waals surface area (Å²) in [6.45, 7) is 5.04. The zero-order valence-corrected chi connectivity index (χ0v) is 24.4. The van der Waals surface area contributed by atoms with Crippen molar-refractivity contribution in [2.45, 2.75) is 115 Å². The van der Waals surface area contributed by atoms with Crippen molar-refractivity contribution >= 4 is 12.0 Å². The number of fused-ring (bicyclic) bond motifs is 1. The Kier molecular flexibility index (Phi) is 13.1. The van der Waals surface area contributed by atoms with Gasteiger partial charge in [0.2, 0.25) is 0 Å². The number of aliphatic hydroxyl groups is 1. The number of carbonyl (C=O) groups is 1. The van der Waals surface area contributed by atoms with E-state index in [1.807, 2.05) is 61.5 Å². The molecular formula is C35H51NO3. The highest BCUT2D eigenvalue weighted by Crippen LogP contribution is 2.44. The fourth-order valence-electron chi connectivity index (χ4n) is 5.90. The molecule has 0 aromatic heterocycles. The fourth-order valence-corrected chi connectivity index (χ4v) is 5.90. The lowest BCUT2D eigenvalue weighted by Gasteiger charge is -2.39. The van der Waals surface area contributed by atoms with Crippen LogP contribution in [-0.4, -0.2) is 17.6 Å². The van der Waals surface area contributed by atoms with Gasteiger partial charge < -0.3 is 15.6 Å². The van der Waals surface area contributed by atoms with Crippen molar-refractivity contribution in [3.05, 3.63) is 71.3 Å². The lowest BCUT2D eigenvalue weighted by molar-refractivity contribution is -0.142. The van der Waals surface area contributed by atoms with Gasteiger partial charge in [0.25, 0.3) is 5.91 Å². The SMILES string of the molecule is CCCCCCCCCCCCCCCCOc1ccc(C(C)C2C=Cc3ccccc3C2(O)C(N)=O)cc1. The number of unbranched alkanes of at least 4 members (excludes halogenated alkanes) is 13. The maximum absolute atomic E-state index is 12.5. The first-order valence-corrected chi connectivity index (χ1v) is 15.5. The van der Waals surface area contributed by atoms with Crippen LogP contribution < -0.4 is 10.5 Å². The van der Waals surface area contributed by atoms with Crippen LogP contribution in [0.15, 0.2) is 54.6 Å². The predicted octanol–water partition coefficient (Wildman–Crippen LogP) is 8.67. The number of nitrogens with two attached hydrogens (primary N) is 1. The second-order valence-corrected chi connectivity index (χ2v) is 11.4. The van der Waals surface area contributed by atoms with Crippen molar-refractivity contribution in [1.82, 2.24) is 0 Å². The highest BCUT2D eigenvalue weighted by molar-refractivity contribution is 5.88. The van der Waals surface area contributed by atoms with Crippen molar-refractivity contribution < 1.29 is 14.6 Å². The van der Waals surface area contributed by atoms with E-state index >= 15 is 0 Å². The molecule has 0 saturated carbocycles. The van der Waals surface area contributed by atoms with Crippen LogP contribution in [0.25, 0.3) is 6.08 Å². The van der Waals surface area contributed by atoms with Gasteiger partial charge in [0.1, 0.15) is 5.75 Å². The molecule has 0 fully saturated rings. The van der Waals surface area contributed by atoms with Gasteiger partial charge in [0.15, 0.2) is 5.60 Å². The Morgan fingerprint density at radius 1 is 0.846 bits per heavy atom. The molecule has 0 bridgehead atoms. The summed E-state index contributed by atoms with van der Waals surface area (Å²) in [5.41, 5.74) is 6.45. The number of carbonyl (C=O) groups excluding carboxylic acids is 1. The molecule has 0 spiro atoms. The number of amides is 1. The Balaban J connectivity index is 1.33. The Morgan fingerprint density at radius 3 is 1.95 bits per heavy atom. The van der Waals surface area contributed by atoms with E-state index in [0.717, 1.165) is 29.9 Å². The number of hydrogen-bond acceptors (Lipinski definition) is 3. The van der Waals surface area contributed by atoms with E-state index in [4.69, 9.17) is 10.5 Å². The van der Waals surface area contributed by atoms with Crippen LogP contribution in [-0.2, 0) is 10.4 Å². The van der Waals surface area contributed by atoms with Crippen LogP contribution >= 0.6 is 0 Å². The molecular weight excluding hydrogens is 482 g/mol. The molecule has 3 atom stereocenters. The Labute approximate surface area is 237 Å². The lowest BCUT2D eigenvalue weighted by atomic mass is 9.68. The molecule has 0 heterocycles. The van der Waals surface area contributed by atoms with Gasteiger partial charge in [-0.1, -0.05) is 146 Å². The molecule has 39 heavy (non-hydrogen) atoms. The highest BCUT2D eigenvalue weighted by atomic mass is 16.5. The summed E-state index contributed by atoms with van der Waals surface area (Å²) in [5.74, 6) is -0.418. The van der Waals surface area contributed by atoms with E-state index in [1.54, 1.807) is 6.07 Å². The molecule has 0 saturated heterocycles. The first kappa shape index (κ1) is 30.9. The van der Waals surface area contributed by atoms with Gasteiger partial charge in [-0.3, -0.25) is 4.79 Å². The van der Waals surface area contributed by atoms with Crippen LogP contribution in [0.3, 0.4) is 0 Å². The maximum atomic E-state index is 12.5. The van der Waals surface area contributed by atoms with E-state index in [1.165, 1.54) is 83.5 Å². The van der Waals surface area contributed by atoms with Gasteiger partial charge >= 0.3 is 0 Å². The number of primary amides is 1. The van der Waals surface area contributed by atoms with Gasteiger partial charge in [-0.15, -0.1) is 0 Å². The quantitative estimate of drug-likeness (QED) is 0.177. The lowest BCUT2D eigenvalue weighted by Crippen LogP contribution is -2.49. The number of benzene rings is 2. The average Bonchev–Trinajstić information content (AvgIpc) is 2.95. The van der Waals surface area contributed by atoms with Crippen LogP contribution in [0, 0.1) is 5.92 Å². The van der Waals surface area contributed by atoms with Crippen molar-refractivity contribution in [1.29, 1.82) is 0 Å². The molecule has 214 valence electrons. The minimum Gasteiger partial charge on any atom is -0.494 e. The summed E-state index contributed by atoms with van der Waals surface area (Å²) in [7, 11) is 0. The molecule has 1 aliphatic carbocycles. The Morgan fingerprint density at radius 2 is 1.38 bits per heavy atom. The molecule has 0 radical (unpaired) electrons. The summed E-state index contributed by atoms with van der Waals surface area (Å²) in [5, 5.41) is 11.5. The van der Waals surface area contributed by atoms with Crippen LogP contribution in [0.4, 0.5) is 0 Å². The van der Waals surface area contributed by atoms with Gasteiger partial charge in [-0.25, -0.2) is 0 Å². The molecule has 3 unspecified atom stereocenters. The monoisotopic (exact) mass is 533 g/mol. The smallest absolute Gasteiger partial charge is 0.254 e. The van der Waals surface area contributed by atoms with Gasteiger partial charge in [-0.05, 0) is 35.6 Å². The maximum Gasteiger partial charge on any atom is 0.254 e. The largest absolute Gasteiger partial charge is 0.494 e. The van der Waals surface area contributed by atoms with E-state index in [-0.39, 0.29) is 5.92 Å². The van der Waals surface area contributed by atoms with E-state index < -0.39 is 17.4 Å². The first-order chi connectivity index (χ1) is 19.0. The van der Waals surface area contributed by atoms with E-state index in [9.17, 15) is 9.90 Å². The fraction of sp³-hybridized carbons (Fsp3) is 0.571. The standard InChI is InChI=1S/C35H51NO3/c1-3-4-5-6-7-8-9-10-11-12-13-14-15-18-27-39-31-24-21-29(22-25-31)28(2)32-26-23-30-19-16-17-20-33(30)35(32,38)34(36)37/h16-17,19-26,28,32,38H,3-15,18,27H2,1-2H3,(H2,36,37). The predicted molar refractivity (Wildman–Crippen MR) is 163 cm³/mol. The molecule has 4 nitrogen and oxygen atoms in total. The van der Waals surface area contributed by atoms with E-state index in [0.29, 0.717) is 5.56 Å². The third-order valence-electron chi connectivity index (χ3n) is 8.42. The summed E-state index contributed by atoms with van der Waals surface area (Å²) < 4.78 is 5.98. The normalized spacial score (nSPS) is 19.0. The van der Waals surface area contributed by atoms with Crippen LogP contribution in [0.1, 0.15) is 126 Å². The van der Waals surface area contributed by atoms with Crippen molar-refractivity contribution in [2.75, 3.05) is 6.61 Å². The first-order valence-electron chi connectivity index (χ1n) is 15.5. The zero-order valence-electron chi connectivity index (χ0n) is 24.4. The highest BCUT2D eigenvalue weighted by Gasteiger charge is 2.48. The molecule has 1 amide bonds. The van der Waals surface area contributed by atoms with Crippen molar-refractivity contribution in [3.63, 3.8) is 0 Å².